The number of nitrogens with zero attached hydrogens (tertiary/aromatic N) is 2. The smallest absolute Gasteiger partial charge is 0.173 e. The molecule has 1 aromatic heterocycles. The van der Waals surface area contributed by atoms with Crippen LogP contribution in [0.4, 0.5) is 28.7 Å². The Kier molecular flexibility index (Phi) is 4.44. The van der Waals surface area contributed by atoms with Crippen molar-refractivity contribution in [1.29, 1.82) is 0 Å². The number of nitrogens with two attached hydrogens (primary N) is 1. The number of para-hydroxylation sites is 1. The first kappa shape index (κ1) is 14.9. The Labute approximate surface area is 138 Å². The van der Waals surface area contributed by atoms with Gasteiger partial charge in [0.1, 0.15) is 12.0 Å². The average Bonchev–Trinajstić information content (AvgIpc) is 2.57. The lowest BCUT2D eigenvalue weighted by Crippen LogP contribution is -2.13. The van der Waals surface area contributed by atoms with Crippen LogP contribution in [0.3, 0.4) is 0 Å². The van der Waals surface area contributed by atoms with Gasteiger partial charge in [-0.1, -0.05) is 35.9 Å². The Balaban J connectivity index is 1.75. The van der Waals surface area contributed by atoms with Crippen LogP contribution in [0.25, 0.3) is 0 Å². The van der Waals surface area contributed by atoms with Gasteiger partial charge in [0.2, 0.25) is 0 Å². The Morgan fingerprint density at radius 1 is 0.826 bits per heavy atom. The van der Waals surface area contributed by atoms with Gasteiger partial charge >= 0.3 is 0 Å². The van der Waals surface area contributed by atoms with E-state index in [2.05, 4.69) is 26.1 Å². The second-order valence-corrected chi connectivity index (χ2v) is 5.17. The van der Waals surface area contributed by atoms with Crippen molar-refractivity contribution in [2.75, 3.05) is 21.9 Å². The number of aromatic nitrogens is 2. The molecule has 0 saturated heterocycles. The highest BCUT2D eigenvalue weighted by molar-refractivity contribution is 6.30. The minimum absolute atomic E-state index is 0.399. The van der Waals surface area contributed by atoms with Gasteiger partial charge in [-0.05, 0) is 30.3 Å². The van der Waals surface area contributed by atoms with E-state index in [-0.39, 0.29) is 0 Å². The second kappa shape index (κ2) is 6.85. The van der Waals surface area contributed by atoms with Crippen LogP contribution in [0, 0.1) is 0 Å². The number of hydrazine groups is 1. The molecule has 3 aromatic rings. The molecule has 0 aliphatic carbocycles. The maximum Gasteiger partial charge on any atom is 0.173 e. The van der Waals surface area contributed by atoms with Crippen LogP contribution in [-0.2, 0) is 0 Å². The van der Waals surface area contributed by atoms with E-state index in [9.17, 15) is 0 Å². The maximum atomic E-state index is 6.11. The van der Waals surface area contributed by atoms with E-state index in [1.807, 2.05) is 42.5 Å². The highest BCUT2D eigenvalue weighted by atomic mass is 35.5. The van der Waals surface area contributed by atoms with Crippen LogP contribution in [-0.4, -0.2) is 9.97 Å². The van der Waals surface area contributed by atoms with Crippen LogP contribution in [0.5, 0.6) is 0 Å². The molecular formula is C16H15ClN6. The van der Waals surface area contributed by atoms with Crippen molar-refractivity contribution in [3.8, 4) is 0 Å². The van der Waals surface area contributed by atoms with E-state index in [1.165, 1.54) is 6.33 Å². The number of benzene rings is 2. The minimum atomic E-state index is 0.399. The zero-order chi connectivity index (χ0) is 16.1. The van der Waals surface area contributed by atoms with Crippen LogP contribution < -0.4 is 21.9 Å². The largest absolute Gasteiger partial charge is 0.393 e. The first-order chi connectivity index (χ1) is 11.2. The van der Waals surface area contributed by atoms with E-state index < -0.39 is 0 Å². The zero-order valence-electron chi connectivity index (χ0n) is 12.1. The number of rotatable bonds is 5. The Hall–Kier alpha value is -2.99. The molecule has 7 heteroatoms. The summed E-state index contributed by atoms with van der Waals surface area (Å²) in [7, 11) is 0. The van der Waals surface area contributed by atoms with Gasteiger partial charge in [-0.15, -0.1) is 0 Å². The SMILES string of the molecule is Nc1c(NNc2ccccc2)ncnc1Nc1cccc(Cl)c1. The molecule has 0 unspecified atom stereocenters. The van der Waals surface area contributed by atoms with E-state index in [0.717, 1.165) is 11.4 Å². The predicted molar refractivity (Wildman–Crippen MR) is 94.9 cm³/mol. The van der Waals surface area contributed by atoms with Gasteiger partial charge in [0.05, 0.1) is 5.69 Å². The number of nitrogen functional groups attached to an aromatic ring is 1. The van der Waals surface area contributed by atoms with Crippen molar-refractivity contribution in [2.24, 2.45) is 0 Å². The highest BCUT2D eigenvalue weighted by Crippen LogP contribution is 2.26. The monoisotopic (exact) mass is 326 g/mol. The minimum Gasteiger partial charge on any atom is -0.393 e. The zero-order valence-corrected chi connectivity index (χ0v) is 12.9. The number of hydrogen-bond donors (Lipinski definition) is 4. The molecule has 6 nitrogen and oxygen atoms in total. The van der Waals surface area contributed by atoms with Crippen molar-refractivity contribution in [1.82, 2.24) is 9.97 Å². The van der Waals surface area contributed by atoms with E-state index in [4.69, 9.17) is 17.3 Å². The van der Waals surface area contributed by atoms with Gasteiger partial charge < -0.3 is 11.1 Å². The third kappa shape index (κ3) is 3.81. The summed E-state index contributed by atoms with van der Waals surface area (Å²) < 4.78 is 0. The third-order valence-corrected chi connectivity index (χ3v) is 3.31. The molecule has 0 atom stereocenters. The maximum absolute atomic E-state index is 6.11. The summed E-state index contributed by atoms with van der Waals surface area (Å²) in [6.45, 7) is 0. The second-order valence-electron chi connectivity index (χ2n) is 4.74. The summed E-state index contributed by atoms with van der Waals surface area (Å²) in [5.74, 6) is 0.980. The van der Waals surface area contributed by atoms with Crippen molar-refractivity contribution in [2.45, 2.75) is 0 Å². The van der Waals surface area contributed by atoms with E-state index in [1.54, 1.807) is 12.1 Å². The van der Waals surface area contributed by atoms with E-state index in [0.29, 0.717) is 22.3 Å². The summed E-state index contributed by atoms with van der Waals surface area (Å²) in [5, 5.41) is 3.75. The van der Waals surface area contributed by atoms with Crippen LogP contribution in [0.1, 0.15) is 0 Å². The third-order valence-electron chi connectivity index (χ3n) is 3.07. The van der Waals surface area contributed by atoms with Gasteiger partial charge in [0.15, 0.2) is 11.6 Å². The molecule has 23 heavy (non-hydrogen) atoms. The molecule has 0 amide bonds. The first-order valence-electron chi connectivity index (χ1n) is 6.92. The topological polar surface area (TPSA) is 87.9 Å². The fourth-order valence-corrected chi connectivity index (χ4v) is 2.14. The lowest BCUT2D eigenvalue weighted by atomic mass is 10.3. The summed E-state index contributed by atoms with van der Waals surface area (Å²) in [6, 6.07) is 17.0. The van der Waals surface area contributed by atoms with Gasteiger partial charge in [-0.3, -0.25) is 10.9 Å². The summed E-state index contributed by atoms with van der Waals surface area (Å²) in [6.07, 6.45) is 1.43. The Morgan fingerprint density at radius 3 is 2.35 bits per heavy atom. The molecule has 0 spiro atoms. The molecule has 0 saturated carbocycles. The lowest BCUT2D eigenvalue weighted by molar-refractivity contribution is 1.16. The molecule has 0 aliphatic rings. The van der Waals surface area contributed by atoms with Crippen LogP contribution >= 0.6 is 11.6 Å². The molecule has 1 heterocycles. The number of halogens is 1. The standard InChI is InChI=1S/C16H15ClN6/c17-11-5-4-8-13(9-11)21-15-14(18)16(20-10-19-15)23-22-12-6-2-1-3-7-12/h1-10,22H,18H2,(H2,19,20,21,23). The highest BCUT2D eigenvalue weighted by Gasteiger charge is 2.08. The normalized spacial score (nSPS) is 10.1. The molecule has 0 bridgehead atoms. The van der Waals surface area contributed by atoms with Gasteiger partial charge in [-0.2, -0.15) is 0 Å². The molecular weight excluding hydrogens is 312 g/mol. The predicted octanol–water partition coefficient (Wildman–Crippen LogP) is 3.89. The number of hydrogen-bond acceptors (Lipinski definition) is 6. The fraction of sp³-hybridized carbons (Fsp3) is 0. The summed E-state index contributed by atoms with van der Waals surface area (Å²) >= 11 is 5.97. The van der Waals surface area contributed by atoms with E-state index >= 15 is 0 Å². The molecule has 0 aliphatic heterocycles. The summed E-state index contributed by atoms with van der Waals surface area (Å²) in [4.78, 5) is 8.30. The van der Waals surface area contributed by atoms with Crippen molar-refractivity contribution in [3.05, 3.63) is 65.9 Å². The van der Waals surface area contributed by atoms with Gasteiger partial charge in [0.25, 0.3) is 0 Å². The Bertz CT molecular complexity index is 794. The molecule has 5 N–H and O–H groups in total. The molecule has 0 radical (unpaired) electrons. The quantitative estimate of drug-likeness (QED) is 0.532. The van der Waals surface area contributed by atoms with Crippen LogP contribution in [0.2, 0.25) is 5.02 Å². The fourth-order valence-electron chi connectivity index (χ4n) is 1.95. The van der Waals surface area contributed by atoms with Crippen molar-refractivity contribution in [3.63, 3.8) is 0 Å². The Morgan fingerprint density at radius 2 is 1.57 bits per heavy atom. The average molecular weight is 327 g/mol. The van der Waals surface area contributed by atoms with Crippen LogP contribution in [0.15, 0.2) is 60.9 Å². The first-order valence-corrected chi connectivity index (χ1v) is 7.30. The number of anilines is 5. The molecule has 3 rings (SSSR count). The van der Waals surface area contributed by atoms with Crippen molar-refractivity contribution >= 4 is 40.3 Å². The van der Waals surface area contributed by atoms with Crippen molar-refractivity contribution < 1.29 is 0 Å². The molecule has 2 aromatic carbocycles. The van der Waals surface area contributed by atoms with Gasteiger partial charge in [0, 0.05) is 10.7 Å². The number of nitrogens with one attached hydrogen (secondary N) is 3. The molecule has 116 valence electrons. The molecule has 0 fully saturated rings. The van der Waals surface area contributed by atoms with Gasteiger partial charge in [-0.25, -0.2) is 9.97 Å². The lowest BCUT2D eigenvalue weighted by Gasteiger charge is -2.13. The summed E-state index contributed by atoms with van der Waals surface area (Å²) in [5.41, 5.74) is 14.2.